The van der Waals surface area contributed by atoms with Gasteiger partial charge < -0.3 is 14.8 Å². The number of aromatic amines is 1. The fourth-order valence-electron chi connectivity index (χ4n) is 5.12. The van der Waals surface area contributed by atoms with Crippen molar-refractivity contribution in [2.24, 2.45) is 0 Å². The van der Waals surface area contributed by atoms with E-state index in [0.717, 1.165) is 22.5 Å². The van der Waals surface area contributed by atoms with Gasteiger partial charge in [0.25, 0.3) is 0 Å². The molecule has 6 aromatic rings. The summed E-state index contributed by atoms with van der Waals surface area (Å²) in [4.78, 5) is 16.9. The first-order valence-corrected chi connectivity index (χ1v) is 14.2. The summed E-state index contributed by atoms with van der Waals surface area (Å²) in [7, 11) is 0. The van der Waals surface area contributed by atoms with Gasteiger partial charge in [-0.05, 0) is 64.5 Å². The monoisotopic (exact) mass is 601 g/mol. The smallest absolute Gasteiger partial charge is 0.419 e. The van der Waals surface area contributed by atoms with E-state index in [1.807, 2.05) is 42.6 Å². The van der Waals surface area contributed by atoms with Crippen LogP contribution in [0.25, 0.3) is 22.0 Å². The van der Waals surface area contributed by atoms with E-state index >= 15 is 0 Å². The van der Waals surface area contributed by atoms with Crippen LogP contribution in [0.4, 0.5) is 13.2 Å². The zero-order valence-electron chi connectivity index (χ0n) is 23.8. The number of aromatic nitrogens is 1. The van der Waals surface area contributed by atoms with Crippen molar-refractivity contribution in [1.29, 1.82) is 0 Å². The van der Waals surface area contributed by atoms with E-state index in [4.69, 9.17) is 4.74 Å². The maximum atomic E-state index is 13.7. The molecule has 6 rings (SSSR count). The van der Waals surface area contributed by atoms with Crippen molar-refractivity contribution in [2.45, 2.75) is 18.9 Å². The minimum Gasteiger partial charge on any atom is -0.488 e. The van der Waals surface area contributed by atoms with E-state index in [-0.39, 0.29) is 12.4 Å². The maximum absolute atomic E-state index is 13.7. The van der Waals surface area contributed by atoms with Crippen LogP contribution in [0.15, 0.2) is 128 Å². The molecule has 0 aliphatic carbocycles. The zero-order chi connectivity index (χ0) is 31.4. The van der Waals surface area contributed by atoms with E-state index in [1.165, 1.54) is 18.2 Å². The number of alkyl halides is 3. The van der Waals surface area contributed by atoms with Gasteiger partial charge >= 0.3 is 6.18 Å². The Morgan fingerprint density at radius 3 is 2.36 bits per heavy atom. The molecular formula is C38H26F3NO3. The van der Waals surface area contributed by atoms with E-state index in [9.17, 15) is 23.1 Å². The predicted molar refractivity (Wildman–Crippen MR) is 168 cm³/mol. The number of nitrogens with one attached hydrogen (secondary N) is 1. The first-order chi connectivity index (χ1) is 21.8. The number of rotatable bonds is 7. The Labute approximate surface area is 257 Å². The van der Waals surface area contributed by atoms with Crippen molar-refractivity contribution in [2.75, 3.05) is 0 Å². The van der Waals surface area contributed by atoms with Gasteiger partial charge in [0, 0.05) is 34.0 Å². The molecule has 0 spiro atoms. The molecule has 1 heterocycles. The Kier molecular flexibility index (Phi) is 8.24. The Morgan fingerprint density at radius 1 is 0.822 bits per heavy atom. The van der Waals surface area contributed by atoms with Gasteiger partial charge in [0.1, 0.15) is 18.5 Å². The second kappa shape index (κ2) is 12.6. The third-order valence-corrected chi connectivity index (χ3v) is 7.42. The second-order valence-corrected chi connectivity index (χ2v) is 10.4. The number of aliphatic hydroxyl groups excluding tert-OH is 1. The number of para-hydroxylation sites is 1. The van der Waals surface area contributed by atoms with Gasteiger partial charge in [-0.25, -0.2) is 0 Å². The third-order valence-electron chi connectivity index (χ3n) is 7.42. The minimum atomic E-state index is -4.51. The van der Waals surface area contributed by atoms with Gasteiger partial charge in [-0.15, -0.1) is 0 Å². The summed E-state index contributed by atoms with van der Waals surface area (Å²) in [6, 6.07) is 34.0. The van der Waals surface area contributed by atoms with Crippen LogP contribution in [0, 0.1) is 11.8 Å². The Balaban J connectivity index is 1.31. The lowest BCUT2D eigenvalue weighted by Crippen LogP contribution is -2.14. The highest BCUT2D eigenvalue weighted by molar-refractivity contribution is 6.07. The van der Waals surface area contributed by atoms with Crippen LogP contribution < -0.4 is 4.74 Å². The molecule has 2 N–H and O–H groups in total. The number of H-pyrrole nitrogens is 1. The van der Waals surface area contributed by atoms with Crippen LogP contribution >= 0.6 is 0 Å². The molecule has 0 fully saturated rings. The van der Waals surface area contributed by atoms with Gasteiger partial charge in [0.05, 0.1) is 5.56 Å². The number of aliphatic hydroxyl groups is 1. The number of benzene rings is 5. The van der Waals surface area contributed by atoms with Crippen LogP contribution in [-0.2, 0) is 12.8 Å². The average Bonchev–Trinajstić information content (AvgIpc) is 3.54. The molecule has 0 aliphatic heterocycles. The quantitative estimate of drug-likeness (QED) is 0.142. The standard InChI is InChI=1S/C38H26F3NO3/c39-38(40,41)32-11-4-5-12-34(32)45-24-26-15-13-25(14-16-26)17-18-28-9-6-10-31(37(44)36(43)29-7-2-1-3-8-29)35(28)30-20-19-27-21-22-42-33(27)23-30/h1-16,19-23,36,42-43H,24H2. The maximum Gasteiger partial charge on any atom is 0.419 e. The molecule has 45 heavy (non-hydrogen) atoms. The molecule has 0 radical (unpaired) electrons. The Morgan fingerprint density at radius 2 is 1.58 bits per heavy atom. The van der Waals surface area contributed by atoms with Gasteiger partial charge in [-0.3, -0.25) is 4.79 Å². The number of hydrogen-bond donors (Lipinski definition) is 2. The molecule has 5 aromatic carbocycles. The molecule has 222 valence electrons. The summed E-state index contributed by atoms with van der Waals surface area (Å²) in [5.74, 6) is 5.66. The normalized spacial score (nSPS) is 11.9. The summed E-state index contributed by atoms with van der Waals surface area (Å²) in [6.45, 7) is -0.0416. The largest absolute Gasteiger partial charge is 0.488 e. The molecule has 0 bridgehead atoms. The summed E-state index contributed by atoms with van der Waals surface area (Å²) in [6.07, 6.45) is -4.01. The van der Waals surface area contributed by atoms with E-state index in [2.05, 4.69) is 16.8 Å². The van der Waals surface area contributed by atoms with Crippen LogP contribution in [0.3, 0.4) is 0 Å². The molecular weight excluding hydrogens is 575 g/mol. The highest BCUT2D eigenvalue weighted by atomic mass is 19.4. The molecule has 1 atom stereocenters. The molecule has 0 aliphatic rings. The summed E-state index contributed by atoms with van der Waals surface area (Å²) in [5, 5.41) is 12.0. The first kappa shape index (κ1) is 29.5. The minimum absolute atomic E-state index is 0.0416. The molecule has 7 heteroatoms. The first-order valence-electron chi connectivity index (χ1n) is 14.2. The predicted octanol–water partition coefficient (Wildman–Crippen LogP) is 8.75. The van der Waals surface area contributed by atoms with Gasteiger partial charge in [-0.1, -0.05) is 90.7 Å². The lowest BCUT2D eigenvalue weighted by Gasteiger charge is -2.15. The van der Waals surface area contributed by atoms with E-state index in [1.54, 1.807) is 60.7 Å². The SMILES string of the molecule is O=C(c1cccc(C#Cc2ccc(COc3ccccc3C(F)(F)F)cc2)c1-c1ccc2cc[nH]c2c1)C(O)c1ccccc1. The number of hydrogen-bond acceptors (Lipinski definition) is 3. The van der Waals surface area contributed by atoms with Crippen molar-refractivity contribution in [3.05, 3.63) is 161 Å². The number of ether oxygens (including phenoxy) is 1. The number of Topliss-reactive ketones (excluding diaryl/α,β-unsaturated/α-hetero) is 1. The van der Waals surface area contributed by atoms with Crippen LogP contribution in [0.1, 0.15) is 44.3 Å². The van der Waals surface area contributed by atoms with Crippen LogP contribution in [-0.4, -0.2) is 15.9 Å². The van der Waals surface area contributed by atoms with E-state index < -0.39 is 23.6 Å². The molecule has 4 nitrogen and oxygen atoms in total. The molecule has 0 saturated heterocycles. The molecule has 0 amide bonds. The molecule has 1 unspecified atom stereocenters. The van der Waals surface area contributed by atoms with Crippen molar-refractivity contribution >= 4 is 16.7 Å². The lowest BCUT2D eigenvalue weighted by atomic mass is 9.89. The summed E-state index contributed by atoms with van der Waals surface area (Å²) in [5.41, 5.74) is 4.24. The topological polar surface area (TPSA) is 62.3 Å². The number of ketones is 1. The third kappa shape index (κ3) is 6.52. The molecule has 0 saturated carbocycles. The highest BCUT2D eigenvalue weighted by Gasteiger charge is 2.34. The number of fused-ring (bicyclic) bond motifs is 1. The fourth-order valence-corrected chi connectivity index (χ4v) is 5.12. The Bertz CT molecular complexity index is 2040. The van der Waals surface area contributed by atoms with Crippen LogP contribution in [0.5, 0.6) is 5.75 Å². The summed E-state index contributed by atoms with van der Waals surface area (Å²) >= 11 is 0. The number of carbonyl (C=O) groups is 1. The van der Waals surface area contributed by atoms with Crippen molar-refractivity contribution in [3.63, 3.8) is 0 Å². The zero-order valence-corrected chi connectivity index (χ0v) is 23.8. The van der Waals surface area contributed by atoms with Crippen molar-refractivity contribution < 1.29 is 27.8 Å². The molecule has 1 aromatic heterocycles. The summed E-state index contributed by atoms with van der Waals surface area (Å²) < 4.78 is 45.4. The Hall–Kier alpha value is -5.58. The second-order valence-electron chi connectivity index (χ2n) is 10.4. The van der Waals surface area contributed by atoms with Crippen molar-refractivity contribution in [3.8, 4) is 28.7 Å². The fraction of sp³-hybridized carbons (Fsp3) is 0.0789. The number of carbonyl (C=O) groups excluding carboxylic acids is 1. The van der Waals surface area contributed by atoms with Gasteiger partial charge in [-0.2, -0.15) is 13.2 Å². The van der Waals surface area contributed by atoms with Crippen LogP contribution in [0.2, 0.25) is 0 Å². The highest BCUT2D eigenvalue weighted by Crippen LogP contribution is 2.36. The van der Waals surface area contributed by atoms with Crippen molar-refractivity contribution in [1.82, 2.24) is 4.98 Å². The lowest BCUT2D eigenvalue weighted by molar-refractivity contribution is -0.139. The van der Waals surface area contributed by atoms with E-state index in [0.29, 0.717) is 33.4 Å². The number of halogens is 3. The average molecular weight is 602 g/mol. The van der Waals surface area contributed by atoms with Gasteiger partial charge in [0.2, 0.25) is 0 Å². The van der Waals surface area contributed by atoms with Gasteiger partial charge in [0.15, 0.2) is 5.78 Å².